The predicted molar refractivity (Wildman–Crippen MR) is 58.6 cm³/mol. The van der Waals surface area contributed by atoms with Crippen LogP contribution in [0.4, 0.5) is 19.6 Å². The third kappa shape index (κ3) is 2.36. The van der Waals surface area contributed by atoms with Crippen molar-refractivity contribution in [3.8, 4) is 0 Å². The summed E-state index contributed by atoms with van der Waals surface area (Å²) in [5, 5.41) is 9.66. The summed E-state index contributed by atoms with van der Waals surface area (Å²) in [5.74, 6) is -2.64. The monoisotopic (exact) mass is 256 g/mol. The summed E-state index contributed by atoms with van der Waals surface area (Å²) in [7, 11) is 0. The van der Waals surface area contributed by atoms with Crippen molar-refractivity contribution in [2.45, 2.75) is 0 Å². The van der Waals surface area contributed by atoms with Gasteiger partial charge in [-0.05, 0) is 12.1 Å². The molecule has 0 fully saturated rings. The molecule has 0 radical (unpaired) electrons. The van der Waals surface area contributed by atoms with Gasteiger partial charge < -0.3 is 5.73 Å². The number of nitrogens with two attached hydrogens (primary N) is 1. The van der Waals surface area contributed by atoms with Gasteiger partial charge in [0.1, 0.15) is 22.8 Å². The normalized spacial score (nSPS) is 10.2. The van der Waals surface area contributed by atoms with Crippen molar-refractivity contribution in [3.05, 3.63) is 34.8 Å². The molecule has 17 heavy (non-hydrogen) atoms. The summed E-state index contributed by atoms with van der Waals surface area (Å²) < 4.78 is 26.2. The molecule has 8 heteroatoms. The van der Waals surface area contributed by atoms with Crippen molar-refractivity contribution in [1.29, 1.82) is 0 Å². The van der Waals surface area contributed by atoms with Crippen molar-refractivity contribution in [3.63, 3.8) is 0 Å². The van der Waals surface area contributed by atoms with E-state index in [1.165, 1.54) is 5.51 Å². The highest BCUT2D eigenvalue weighted by molar-refractivity contribution is 7.13. The summed E-state index contributed by atoms with van der Waals surface area (Å²) in [6, 6.07) is 1.71. The molecule has 0 spiro atoms. The molecular formula is C9H6F2N4OS. The van der Waals surface area contributed by atoms with E-state index < -0.39 is 23.2 Å². The lowest BCUT2D eigenvalue weighted by atomic mass is 10.2. The topological polar surface area (TPSA) is 80.9 Å². The fourth-order valence-electron chi connectivity index (χ4n) is 1.11. The lowest BCUT2D eigenvalue weighted by molar-refractivity contribution is 0.102. The van der Waals surface area contributed by atoms with Gasteiger partial charge in [-0.25, -0.2) is 8.78 Å². The number of rotatable bonds is 2. The van der Waals surface area contributed by atoms with Crippen molar-refractivity contribution < 1.29 is 13.6 Å². The van der Waals surface area contributed by atoms with E-state index in [9.17, 15) is 13.6 Å². The van der Waals surface area contributed by atoms with E-state index >= 15 is 0 Å². The molecule has 1 aromatic carbocycles. The van der Waals surface area contributed by atoms with Crippen LogP contribution in [0.25, 0.3) is 0 Å². The molecule has 0 atom stereocenters. The van der Waals surface area contributed by atoms with Gasteiger partial charge in [0.2, 0.25) is 5.13 Å². The van der Waals surface area contributed by atoms with Gasteiger partial charge in [-0.15, -0.1) is 10.2 Å². The van der Waals surface area contributed by atoms with Gasteiger partial charge in [0, 0.05) is 5.56 Å². The van der Waals surface area contributed by atoms with E-state index in [-0.39, 0.29) is 10.7 Å². The molecule has 0 bridgehead atoms. The number of nitrogen functional groups attached to an aromatic ring is 1. The first kappa shape index (κ1) is 11.4. The molecule has 1 aromatic heterocycles. The second kappa shape index (κ2) is 4.42. The molecule has 3 N–H and O–H groups in total. The summed E-state index contributed by atoms with van der Waals surface area (Å²) >= 11 is 1.09. The number of halogens is 2. The Morgan fingerprint density at radius 3 is 2.53 bits per heavy atom. The number of nitrogens with one attached hydrogen (secondary N) is 1. The Morgan fingerprint density at radius 1 is 1.35 bits per heavy atom. The molecule has 88 valence electrons. The third-order valence-electron chi connectivity index (χ3n) is 1.92. The third-order valence-corrected chi connectivity index (χ3v) is 2.53. The largest absolute Gasteiger partial charge is 0.394 e. The molecule has 2 rings (SSSR count). The molecular weight excluding hydrogens is 250 g/mol. The van der Waals surface area contributed by atoms with Gasteiger partial charge in [-0.1, -0.05) is 11.3 Å². The van der Waals surface area contributed by atoms with Crippen molar-refractivity contribution in [2.75, 3.05) is 11.1 Å². The highest BCUT2D eigenvalue weighted by Gasteiger charge is 2.14. The van der Waals surface area contributed by atoms with E-state index in [0.29, 0.717) is 0 Å². The number of carbonyl (C=O) groups is 1. The zero-order valence-electron chi connectivity index (χ0n) is 8.28. The molecule has 0 saturated heterocycles. The van der Waals surface area contributed by atoms with Gasteiger partial charge in [0.15, 0.2) is 0 Å². The van der Waals surface area contributed by atoms with Crippen LogP contribution >= 0.6 is 11.3 Å². The van der Waals surface area contributed by atoms with Crippen LogP contribution in [-0.2, 0) is 0 Å². The smallest absolute Gasteiger partial charge is 0.257 e. The first-order valence-electron chi connectivity index (χ1n) is 4.40. The van der Waals surface area contributed by atoms with Crippen LogP contribution in [0.1, 0.15) is 10.4 Å². The first-order valence-corrected chi connectivity index (χ1v) is 5.28. The van der Waals surface area contributed by atoms with Gasteiger partial charge in [0.05, 0.1) is 0 Å². The number of benzene rings is 1. The molecule has 2 aromatic rings. The first-order chi connectivity index (χ1) is 8.08. The molecule has 1 heterocycles. The average Bonchev–Trinajstić information content (AvgIpc) is 2.77. The van der Waals surface area contributed by atoms with Crippen LogP contribution in [0, 0.1) is 11.6 Å². The number of anilines is 2. The molecule has 0 aliphatic heterocycles. The molecule has 0 aliphatic rings. The number of hydrogen-bond donors (Lipinski definition) is 2. The van der Waals surface area contributed by atoms with E-state index in [2.05, 4.69) is 15.5 Å². The number of carbonyl (C=O) groups excluding carboxylic acids is 1. The number of hydrogen-bond acceptors (Lipinski definition) is 5. The molecule has 1 amide bonds. The Balaban J connectivity index is 2.26. The maximum atomic E-state index is 13.1. The molecule has 5 nitrogen and oxygen atoms in total. The maximum absolute atomic E-state index is 13.1. The molecule has 0 aliphatic carbocycles. The second-order valence-electron chi connectivity index (χ2n) is 3.05. The zero-order valence-corrected chi connectivity index (χ0v) is 9.09. The SMILES string of the molecule is Nc1c(F)cc(C(=O)Nc2nncs2)cc1F. The Hall–Kier alpha value is -2.09. The van der Waals surface area contributed by atoms with E-state index in [4.69, 9.17) is 5.73 Å². The van der Waals surface area contributed by atoms with Crippen LogP contribution < -0.4 is 11.1 Å². The second-order valence-corrected chi connectivity index (χ2v) is 3.88. The zero-order chi connectivity index (χ0) is 12.4. The fraction of sp³-hybridized carbons (Fsp3) is 0. The highest BCUT2D eigenvalue weighted by atomic mass is 32.1. The van der Waals surface area contributed by atoms with Gasteiger partial charge in [0.25, 0.3) is 5.91 Å². The lowest BCUT2D eigenvalue weighted by Gasteiger charge is -2.04. The highest BCUT2D eigenvalue weighted by Crippen LogP contribution is 2.18. The summed E-state index contributed by atoms with van der Waals surface area (Å²) in [6.45, 7) is 0. The van der Waals surface area contributed by atoms with Crippen molar-refractivity contribution in [1.82, 2.24) is 10.2 Å². The van der Waals surface area contributed by atoms with Gasteiger partial charge in [-0.3, -0.25) is 10.1 Å². The van der Waals surface area contributed by atoms with E-state index in [1.54, 1.807) is 0 Å². The minimum absolute atomic E-state index is 0.176. The van der Waals surface area contributed by atoms with Gasteiger partial charge in [-0.2, -0.15) is 0 Å². The number of nitrogens with zero attached hydrogens (tertiary/aromatic N) is 2. The minimum Gasteiger partial charge on any atom is -0.394 e. The number of amides is 1. The molecule has 0 saturated carbocycles. The molecule has 0 unspecified atom stereocenters. The minimum atomic E-state index is -0.979. The summed E-state index contributed by atoms with van der Waals surface area (Å²) in [5.41, 5.74) is 5.71. The Bertz CT molecular complexity index is 535. The average molecular weight is 256 g/mol. The predicted octanol–water partition coefficient (Wildman–Crippen LogP) is 1.65. The lowest BCUT2D eigenvalue weighted by Crippen LogP contribution is -2.13. The van der Waals surface area contributed by atoms with Crippen molar-refractivity contribution >= 4 is 28.1 Å². The maximum Gasteiger partial charge on any atom is 0.257 e. The van der Waals surface area contributed by atoms with Crippen molar-refractivity contribution in [2.24, 2.45) is 0 Å². The van der Waals surface area contributed by atoms with Crippen LogP contribution in [0.15, 0.2) is 17.6 Å². The van der Waals surface area contributed by atoms with E-state index in [1.807, 2.05) is 0 Å². The standard InChI is InChI=1S/C9H6F2N4OS/c10-5-1-4(2-6(11)7(5)12)8(16)14-9-15-13-3-17-9/h1-3H,12H2,(H,14,15,16). The van der Waals surface area contributed by atoms with Crippen LogP contribution in [0.2, 0.25) is 0 Å². The van der Waals surface area contributed by atoms with E-state index in [0.717, 1.165) is 23.5 Å². The fourth-order valence-corrected chi connectivity index (χ4v) is 1.55. The van der Waals surface area contributed by atoms with Crippen LogP contribution in [-0.4, -0.2) is 16.1 Å². The summed E-state index contributed by atoms with van der Waals surface area (Å²) in [4.78, 5) is 11.6. The van der Waals surface area contributed by atoms with Gasteiger partial charge >= 0.3 is 0 Å². The Morgan fingerprint density at radius 2 is 2.00 bits per heavy atom. The summed E-state index contributed by atoms with van der Waals surface area (Å²) in [6.07, 6.45) is 0. The van der Waals surface area contributed by atoms with Crippen LogP contribution in [0.5, 0.6) is 0 Å². The quantitative estimate of drug-likeness (QED) is 0.800. The number of aromatic nitrogens is 2. The Kier molecular flexibility index (Phi) is 2.96. The van der Waals surface area contributed by atoms with Crippen LogP contribution in [0.3, 0.4) is 0 Å². The Labute approximate surface area is 98.3 Å².